The van der Waals surface area contributed by atoms with Crippen LogP contribution in [0, 0.1) is 0 Å². The zero-order valence-corrected chi connectivity index (χ0v) is 12.5. The van der Waals surface area contributed by atoms with E-state index in [-0.39, 0.29) is 47.3 Å². The van der Waals surface area contributed by atoms with Crippen molar-refractivity contribution < 1.29 is 52.1 Å². The number of hydrogen-bond donors (Lipinski definition) is 0. The van der Waals surface area contributed by atoms with Gasteiger partial charge in [0.25, 0.3) is 0 Å². The van der Waals surface area contributed by atoms with Crippen LogP contribution in [-0.4, -0.2) is 26.0 Å². The van der Waals surface area contributed by atoms with Gasteiger partial charge in [-0.1, -0.05) is 18.2 Å². The Bertz CT molecular complexity index is 483. The van der Waals surface area contributed by atoms with Crippen molar-refractivity contribution in [3.8, 4) is 0 Å². The Morgan fingerprint density at radius 2 is 1.94 bits per heavy atom. The van der Waals surface area contributed by atoms with Crippen molar-refractivity contribution in [2.45, 2.75) is 17.7 Å². The van der Waals surface area contributed by atoms with Crippen molar-refractivity contribution in [3.63, 3.8) is 0 Å². The molecule has 1 aromatic carbocycles. The molecule has 0 N–H and O–H groups in total. The first kappa shape index (κ1) is 16.6. The summed E-state index contributed by atoms with van der Waals surface area (Å²) in [5.41, 5.74) is 0.336. The van der Waals surface area contributed by atoms with Crippen LogP contribution in [0.1, 0.15) is 12.0 Å². The first-order valence-electron chi connectivity index (χ1n) is 4.56. The first-order valence-corrected chi connectivity index (χ1v) is 5.96. The molecule has 5 nitrogen and oxygen atoms in total. The molecule has 0 aliphatic carbocycles. The van der Waals surface area contributed by atoms with Gasteiger partial charge in [-0.2, -0.15) is 0 Å². The van der Waals surface area contributed by atoms with Gasteiger partial charge in [-0.15, -0.1) is 0 Å². The van der Waals surface area contributed by atoms with Gasteiger partial charge in [0.05, 0.1) is 12.0 Å². The predicted octanol–water partition coefficient (Wildman–Crippen LogP) is -2.30. The zero-order chi connectivity index (χ0) is 12.2. The molecule has 0 aromatic heterocycles. The Morgan fingerprint density at radius 3 is 2.47 bits per heavy atom. The van der Waals surface area contributed by atoms with Gasteiger partial charge in [0.15, 0.2) is 0 Å². The van der Waals surface area contributed by atoms with Crippen molar-refractivity contribution in [1.82, 2.24) is 0 Å². The summed E-state index contributed by atoms with van der Waals surface area (Å²) < 4.78 is 37.1. The van der Waals surface area contributed by atoms with Gasteiger partial charge in [0.1, 0.15) is 10.1 Å². The minimum absolute atomic E-state index is 0. The van der Waals surface area contributed by atoms with Crippen molar-refractivity contribution in [2.24, 2.45) is 0 Å². The van der Waals surface area contributed by atoms with Gasteiger partial charge in [0, 0.05) is 6.42 Å². The van der Waals surface area contributed by atoms with E-state index in [1.807, 2.05) is 0 Å². The molecule has 88 valence electrons. The van der Waals surface area contributed by atoms with E-state index in [2.05, 4.69) is 4.74 Å². The summed E-state index contributed by atoms with van der Waals surface area (Å²) in [4.78, 5) is 10.6. The van der Waals surface area contributed by atoms with E-state index >= 15 is 0 Å². The Labute approximate surface area is 122 Å². The van der Waals surface area contributed by atoms with Gasteiger partial charge >= 0.3 is 35.5 Å². The number of esters is 1. The molecule has 0 atom stereocenters. The fraction of sp³-hybridized carbons (Fsp3) is 0.300. The number of carbonyl (C=O) groups excluding carboxylic acids is 1. The second kappa shape index (κ2) is 7.13. The molecule has 0 fully saturated rings. The topological polar surface area (TPSA) is 83.5 Å². The average Bonchev–Trinajstić information content (AvgIpc) is 2.25. The van der Waals surface area contributed by atoms with Crippen LogP contribution in [0.15, 0.2) is 29.2 Å². The van der Waals surface area contributed by atoms with Crippen molar-refractivity contribution in [1.29, 1.82) is 0 Å². The second-order valence-corrected chi connectivity index (χ2v) is 4.49. The van der Waals surface area contributed by atoms with E-state index in [0.717, 1.165) is 0 Å². The largest absolute Gasteiger partial charge is 1.00 e. The molecule has 0 radical (unpaired) electrons. The van der Waals surface area contributed by atoms with E-state index < -0.39 is 16.1 Å². The Balaban J connectivity index is 0.00000256. The van der Waals surface area contributed by atoms with Crippen molar-refractivity contribution >= 4 is 16.1 Å². The summed E-state index contributed by atoms with van der Waals surface area (Å²) in [5, 5.41) is 0. The summed E-state index contributed by atoms with van der Waals surface area (Å²) in [7, 11) is -3.24. The van der Waals surface area contributed by atoms with Crippen LogP contribution in [0.3, 0.4) is 0 Å². The molecule has 1 aromatic rings. The molecule has 7 heteroatoms. The molecule has 0 saturated carbocycles. The summed E-state index contributed by atoms with van der Waals surface area (Å²) >= 11 is 0. The Hall–Kier alpha value is -0.400. The van der Waals surface area contributed by atoms with Gasteiger partial charge in [-0.3, -0.25) is 4.79 Å². The SMILES string of the molecule is COC(=O)CCc1ccccc1S(=O)(=O)[O-].[Na+]. The molecular weight excluding hydrogens is 255 g/mol. The maximum Gasteiger partial charge on any atom is 1.00 e. The third-order valence-electron chi connectivity index (χ3n) is 2.07. The summed E-state index contributed by atoms with van der Waals surface area (Å²) in [6, 6.07) is 5.82. The summed E-state index contributed by atoms with van der Waals surface area (Å²) in [6.07, 6.45) is 0.216. The maximum atomic E-state index is 10.9. The number of ether oxygens (including phenoxy) is 1. The standard InChI is InChI=1S/C10H12O5S.Na/c1-15-10(11)7-6-8-4-2-3-5-9(8)16(12,13)14;/h2-5H,6-7H2,1H3,(H,12,13,14);/q;+1/p-1. The normalized spacial score (nSPS) is 10.5. The molecule has 0 aliphatic heterocycles. The second-order valence-electron chi connectivity index (χ2n) is 3.14. The van der Waals surface area contributed by atoms with E-state index in [0.29, 0.717) is 5.56 Å². The summed E-state index contributed by atoms with van der Waals surface area (Å²) in [6.45, 7) is 0. The Kier molecular flexibility index (Phi) is 6.96. The van der Waals surface area contributed by atoms with Crippen LogP contribution in [0.2, 0.25) is 0 Å². The number of benzene rings is 1. The van der Waals surface area contributed by atoms with E-state index in [1.165, 1.54) is 25.3 Å². The summed E-state index contributed by atoms with van der Waals surface area (Å²) in [5.74, 6) is -0.446. The van der Waals surface area contributed by atoms with Gasteiger partial charge in [-0.05, 0) is 18.1 Å². The van der Waals surface area contributed by atoms with Crippen molar-refractivity contribution in [2.75, 3.05) is 7.11 Å². The van der Waals surface area contributed by atoms with Crippen LogP contribution in [0.4, 0.5) is 0 Å². The minimum Gasteiger partial charge on any atom is -0.744 e. The molecule has 0 unspecified atom stereocenters. The number of aryl methyl sites for hydroxylation is 1. The minimum atomic E-state index is -4.49. The molecule has 0 saturated heterocycles. The number of methoxy groups -OCH3 is 1. The first-order chi connectivity index (χ1) is 7.45. The van der Waals surface area contributed by atoms with Crippen LogP contribution in [0.5, 0.6) is 0 Å². The fourth-order valence-corrected chi connectivity index (χ4v) is 2.03. The number of rotatable bonds is 4. The maximum absolute atomic E-state index is 10.9. The quantitative estimate of drug-likeness (QED) is 0.348. The molecule has 0 bridgehead atoms. The molecule has 0 spiro atoms. The third-order valence-corrected chi connectivity index (χ3v) is 3.01. The molecule has 0 heterocycles. The van der Waals surface area contributed by atoms with Crippen LogP contribution in [-0.2, 0) is 26.1 Å². The van der Waals surface area contributed by atoms with E-state index in [9.17, 15) is 17.8 Å². The molecule has 17 heavy (non-hydrogen) atoms. The van der Waals surface area contributed by atoms with Crippen LogP contribution in [0.25, 0.3) is 0 Å². The number of hydrogen-bond acceptors (Lipinski definition) is 5. The average molecular weight is 266 g/mol. The predicted molar refractivity (Wildman–Crippen MR) is 54.7 cm³/mol. The fourth-order valence-electron chi connectivity index (χ4n) is 1.29. The molecule has 1 rings (SSSR count). The van der Waals surface area contributed by atoms with Crippen molar-refractivity contribution in [3.05, 3.63) is 29.8 Å². The molecular formula is C10H11NaO5S. The van der Waals surface area contributed by atoms with Gasteiger partial charge in [0.2, 0.25) is 0 Å². The number of carbonyl (C=O) groups is 1. The molecule has 0 amide bonds. The van der Waals surface area contributed by atoms with E-state index in [4.69, 9.17) is 0 Å². The van der Waals surface area contributed by atoms with Gasteiger partial charge in [-0.25, -0.2) is 8.42 Å². The smallest absolute Gasteiger partial charge is 0.744 e. The Morgan fingerprint density at radius 1 is 1.35 bits per heavy atom. The van der Waals surface area contributed by atoms with Crippen LogP contribution >= 0.6 is 0 Å². The molecule has 0 aliphatic rings. The van der Waals surface area contributed by atoms with E-state index in [1.54, 1.807) is 6.07 Å². The third kappa shape index (κ3) is 5.18. The van der Waals surface area contributed by atoms with Gasteiger partial charge < -0.3 is 9.29 Å². The monoisotopic (exact) mass is 266 g/mol. The zero-order valence-electron chi connectivity index (χ0n) is 9.67. The van der Waals surface area contributed by atoms with Crippen LogP contribution < -0.4 is 29.6 Å².